The van der Waals surface area contributed by atoms with E-state index in [1.807, 2.05) is 18.2 Å². The molecule has 3 rings (SSSR count). The van der Waals surface area contributed by atoms with Crippen LogP contribution in [-0.4, -0.2) is 58.2 Å². The second-order valence-corrected chi connectivity index (χ2v) is 6.70. The molecule has 9 nitrogen and oxygen atoms in total. The highest BCUT2D eigenvalue weighted by Crippen LogP contribution is 2.25. The summed E-state index contributed by atoms with van der Waals surface area (Å²) in [6.45, 7) is 5.10. The molecular weight excluding hydrogens is 358 g/mol. The molecule has 28 heavy (non-hydrogen) atoms. The number of aliphatic imine (C=N–C) groups is 1. The van der Waals surface area contributed by atoms with Crippen molar-refractivity contribution in [3.63, 3.8) is 0 Å². The number of nitrogens with two attached hydrogens (primary N) is 1. The summed E-state index contributed by atoms with van der Waals surface area (Å²) in [4.78, 5) is 22.2. The molecule has 0 saturated carbocycles. The van der Waals surface area contributed by atoms with Gasteiger partial charge in [-0.15, -0.1) is 0 Å². The molecule has 9 heteroatoms. The van der Waals surface area contributed by atoms with Crippen LogP contribution in [0.15, 0.2) is 35.6 Å². The number of ether oxygens (including phenoxy) is 1. The number of nitrogens with one attached hydrogen (secondary N) is 2. The number of nitrogens with zero attached hydrogens (tertiary/aromatic N) is 4. The van der Waals surface area contributed by atoms with Gasteiger partial charge in [0.15, 0.2) is 12.6 Å². The Kier molecular flexibility index (Phi) is 6.83. The van der Waals surface area contributed by atoms with Crippen LogP contribution in [0.4, 0.5) is 0 Å². The number of guanidine groups is 1. The van der Waals surface area contributed by atoms with Gasteiger partial charge in [-0.25, -0.2) is 9.98 Å². The maximum atomic E-state index is 10.9. The minimum Gasteiger partial charge on any atom is -0.484 e. The second-order valence-electron chi connectivity index (χ2n) is 6.70. The van der Waals surface area contributed by atoms with Crippen molar-refractivity contribution >= 4 is 11.9 Å². The third-order valence-corrected chi connectivity index (χ3v) is 4.64. The van der Waals surface area contributed by atoms with Crippen molar-refractivity contribution in [3.8, 4) is 5.75 Å². The van der Waals surface area contributed by atoms with E-state index >= 15 is 0 Å². The van der Waals surface area contributed by atoms with Crippen molar-refractivity contribution in [1.82, 2.24) is 25.4 Å². The van der Waals surface area contributed by atoms with Gasteiger partial charge >= 0.3 is 0 Å². The molecule has 4 N–H and O–H groups in total. The number of primary amides is 1. The Balaban J connectivity index is 1.60. The van der Waals surface area contributed by atoms with Crippen LogP contribution in [0.5, 0.6) is 5.75 Å². The molecule has 0 radical (unpaired) electrons. The lowest BCUT2D eigenvalue weighted by atomic mass is 9.96. The van der Waals surface area contributed by atoms with Crippen LogP contribution in [0.3, 0.4) is 0 Å². The smallest absolute Gasteiger partial charge is 0.255 e. The highest BCUT2D eigenvalue weighted by molar-refractivity contribution is 5.80. The van der Waals surface area contributed by atoms with E-state index in [1.54, 1.807) is 12.4 Å². The molecule has 150 valence electrons. The highest BCUT2D eigenvalue weighted by atomic mass is 16.5. The Bertz CT molecular complexity index is 783. The molecule has 1 aliphatic heterocycles. The molecule has 1 fully saturated rings. The quantitative estimate of drug-likeness (QED) is 0.483. The van der Waals surface area contributed by atoms with Crippen LogP contribution in [0.1, 0.15) is 37.1 Å². The van der Waals surface area contributed by atoms with Crippen molar-refractivity contribution in [2.75, 3.05) is 26.2 Å². The summed E-state index contributed by atoms with van der Waals surface area (Å²) in [5.74, 6) is 2.41. The van der Waals surface area contributed by atoms with Crippen LogP contribution in [0, 0.1) is 0 Å². The summed E-state index contributed by atoms with van der Waals surface area (Å²) in [5, 5.41) is 10.3. The fourth-order valence-corrected chi connectivity index (χ4v) is 3.26. The van der Waals surface area contributed by atoms with Crippen LogP contribution in [0.25, 0.3) is 0 Å². The zero-order valence-electron chi connectivity index (χ0n) is 16.1. The summed E-state index contributed by atoms with van der Waals surface area (Å²) in [5.41, 5.74) is 6.13. The van der Waals surface area contributed by atoms with Crippen LogP contribution in [0.2, 0.25) is 0 Å². The predicted octanol–water partition coefficient (Wildman–Crippen LogP) is 1.01. The van der Waals surface area contributed by atoms with Gasteiger partial charge in [-0.1, -0.05) is 12.1 Å². The number of carbonyl (C=O) groups is 1. The van der Waals surface area contributed by atoms with Gasteiger partial charge in [-0.05, 0) is 37.5 Å². The lowest BCUT2D eigenvalue weighted by Gasteiger charge is -2.33. The molecule has 0 spiro atoms. The summed E-state index contributed by atoms with van der Waals surface area (Å²) in [6.07, 6.45) is 3.58. The Morgan fingerprint density at radius 2 is 2.25 bits per heavy atom. The first-order valence-corrected chi connectivity index (χ1v) is 9.54. The van der Waals surface area contributed by atoms with E-state index in [2.05, 4.69) is 32.3 Å². The standard InChI is InChI=1S/C19H27N7O2/c1-2-21-19(26-8-6-15(7-9-26)18-23-13-24-25-18)22-11-14-4-3-5-16(10-14)28-12-17(20)27/h3-5,10,13,15H,2,6-9,11-12H2,1H3,(H2,20,27)(H,21,22)(H,23,24,25). The van der Waals surface area contributed by atoms with Gasteiger partial charge in [0.1, 0.15) is 17.9 Å². The van der Waals surface area contributed by atoms with E-state index < -0.39 is 5.91 Å². The zero-order chi connectivity index (χ0) is 19.8. The van der Waals surface area contributed by atoms with E-state index in [1.165, 1.54) is 0 Å². The van der Waals surface area contributed by atoms with Gasteiger partial charge in [0.2, 0.25) is 0 Å². The molecule has 1 aromatic heterocycles. The predicted molar refractivity (Wildman–Crippen MR) is 106 cm³/mol. The van der Waals surface area contributed by atoms with Gasteiger partial charge < -0.3 is 20.7 Å². The molecule has 1 aromatic carbocycles. The number of benzene rings is 1. The maximum absolute atomic E-state index is 10.9. The summed E-state index contributed by atoms with van der Waals surface area (Å²) in [6, 6.07) is 7.55. The third-order valence-electron chi connectivity index (χ3n) is 4.64. The van der Waals surface area contributed by atoms with E-state index in [-0.39, 0.29) is 6.61 Å². The number of H-pyrrole nitrogens is 1. The number of hydrogen-bond donors (Lipinski definition) is 3. The molecule has 0 aliphatic carbocycles. The normalized spacial score (nSPS) is 15.5. The van der Waals surface area contributed by atoms with E-state index in [9.17, 15) is 4.79 Å². The van der Waals surface area contributed by atoms with Crippen molar-refractivity contribution in [2.45, 2.75) is 32.2 Å². The third kappa shape index (κ3) is 5.45. The number of likely N-dealkylation sites (tertiary alicyclic amines) is 1. The number of aromatic amines is 1. The molecular formula is C19H27N7O2. The Morgan fingerprint density at radius 3 is 2.93 bits per heavy atom. The minimum absolute atomic E-state index is 0.129. The van der Waals surface area contributed by atoms with Gasteiger partial charge in [0.05, 0.1) is 6.54 Å². The van der Waals surface area contributed by atoms with Crippen LogP contribution >= 0.6 is 0 Å². The monoisotopic (exact) mass is 385 g/mol. The zero-order valence-corrected chi connectivity index (χ0v) is 16.1. The number of amides is 1. The first-order valence-electron chi connectivity index (χ1n) is 9.54. The average Bonchev–Trinajstić information content (AvgIpc) is 3.25. The largest absolute Gasteiger partial charge is 0.484 e. The van der Waals surface area contributed by atoms with Crippen LogP contribution < -0.4 is 15.8 Å². The molecule has 1 saturated heterocycles. The first kappa shape index (κ1) is 19.7. The lowest BCUT2D eigenvalue weighted by molar-refractivity contribution is -0.119. The molecule has 2 aromatic rings. The van der Waals surface area contributed by atoms with Crippen molar-refractivity contribution < 1.29 is 9.53 Å². The highest BCUT2D eigenvalue weighted by Gasteiger charge is 2.24. The minimum atomic E-state index is -0.494. The number of aromatic nitrogens is 3. The van der Waals surface area contributed by atoms with Crippen LogP contribution in [-0.2, 0) is 11.3 Å². The fraction of sp³-hybridized carbons (Fsp3) is 0.474. The van der Waals surface area contributed by atoms with Gasteiger partial charge in [-0.3, -0.25) is 9.89 Å². The van der Waals surface area contributed by atoms with E-state index in [4.69, 9.17) is 15.5 Å². The summed E-state index contributed by atoms with van der Waals surface area (Å²) >= 11 is 0. The summed E-state index contributed by atoms with van der Waals surface area (Å²) < 4.78 is 5.36. The van der Waals surface area contributed by atoms with Crippen molar-refractivity contribution in [3.05, 3.63) is 42.0 Å². The lowest BCUT2D eigenvalue weighted by Crippen LogP contribution is -2.45. The Labute approximate surface area is 164 Å². The number of hydrogen-bond acceptors (Lipinski definition) is 5. The molecule has 2 heterocycles. The van der Waals surface area contributed by atoms with Crippen molar-refractivity contribution in [1.29, 1.82) is 0 Å². The van der Waals surface area contributed by atoms with Crippen molar-refractivity contribution in [2.24, 2.45) is 10.7 Å². The molecule has 1 amide bonds. The molecule has 0 atom stereocenters. The molecule has 1 aliphatic rings. The van der Waals surface area contributed by atoms with E-state index in [0.29, 0.717) is 18.2 Å². The van der Waals surface area contributed by atoms with E-state index in [0.717, 1.165) is 49.8 Å². The molecule has 0 unspecified atom stereocenters. The number of carbonyl (C=O) groups excluding carboxylic acids is 1. The fourth-order valence-electron chi connectivity index (χ4n) is 3.26. The number of piperidine rings is 1. The number of rotatable bonds is 7. The topological polar surface area (TPSA) is 122 Å². The summed E-state index contributed by atoms with van der Waals surface area (Å²) in [7, 11) is 0. The average molecular weight is 385 g/mol. The Hall–Kier alpha value is -3.10. The van der Waals surface area contributed by atoms with Gasteiger partial charge in [0.25, 0.3) is 5.91 Å². The van der Waals surface area contributed by atoms with Gasteiger partial charge in [-0.2, -0.15) is 5.10 Å². The SMILES string of the molecule is CCNC(=NCc1cccc(OCC(N)=O)c1)N1CCC(c2ncn[nH]2)CC1. The molecule has 0 bridgehead atoms. The first-order chi connectivity index (χ1) is 13.7. The maximum Gasteiger partial charge on any atom is 0.255 e. The second kappa shape index (κ2) is 9.72. The Morgan fingerprint density at radius 1 is 1.43 bits per heavy atom. The van der Waals surface area contributed by atoms with Gasteiger partial charge in [0, 0.05) is 25.6 Å².